The molecule has 0 bridgehead atoms. The van der Waals surface area contributed by atoms with E-state index in [2.05, 4.69) is 27.2 Å². The lowest BCUT2D eigenvalue weighted by molar-refractivity contribution is -0.134. The summed E-state index contributed by atoms with van der Waals surface area (Å²) in [6.45, 7) is 9.61. The van der Waals surface area contributed by atoms with Gasteiger partial charge in [0.05, 0.1) is 17.5 Å². The van der Waals surface area contributed by atoms with Gasteiger partial charge in [-0.3, -0.25) is 9.59 Å². The van der Waals surface area contributed by atoms with Gasteiger partial charge < -0.3 is 15.2 Å². The molecule has 4 rings (SSSR count). The first-order valence-electron chi connectivity index (χ1n) is 10.2. The Morgan fingerprint density at radius 3 is 2.64 bits per heavy atom. The van der Waals surface area contributed by atoms with E-state index >= 15 is 0 Å². The number of amides is 2. The summed E-state index contributed by atoms with van der Waals surface area (Å²) in [5.74, 6) is 0.678. The standard InChI is InChI=1S/C21H29N5O2/c1-12-7-8-26(11-12)20(28)17(21(2,3)4)25-19(27)14-9-22-18-16(14)24-15(10-23-18)13-5-6-13/h9-10,12-13,17H,5-8,11H2,1-4H3,(H,22,23)(H,25,27). The summed E-state index contributed by atoms with van der Waals surface area (Å²) in [5, 5.41) is 2.99. The number of hydrogen-bond donors (Lipinski definition) is 2. The molecule has 150 valence electrons. The van der Waals surface area contributed by atoms with Crippen LogP contribution in [0, 0.1) is 11.3 Å². The monoisotopic (exact) mass is 383 g/mol. The van der Waals surface area contributed by atoms with Crippen molar-refractivity contribution in [2.75, 3.05) is 13.1 Å². The number of nitrogens with one attached hydrogen (secondary N) is 2. The normalized spacial score (nSPS) is 21.1. The average Bonchev–Trinajstić information content (AvgIpc) is 3.26. The maximum Gasteiger partial charge on any atom is 0.255 e. The van der Waals surface area contributed by atoms with E-state index in [-0.39, 0.29) is 11.8 Å². The van der Waals surface area contributed by atoms with Crippen molar-refractivity contribution in [2.24, 2.45) is 11.3 Å². The molecule has 2 amide bonds. The van der Waals surface area contributed by atoms with E-state index in [1.54, 1.807) is 12.4 Å². The van der Waals surface area contributed by atoms with Crippen LogP contribution >= 0.6 is 0 Å². The molecule has 2 atom stereocenters. The van der Waals surface area contributed by atoms with Crippen molar-refractivity contribution >= 4 is 23.0 Å². The SMILES string of the molecule is CC1CCN(C(=O)C(NC(=O)c2c[nH]c3ncc(C4CC4)nc23)C(C)(C)C)C1. The molecule has 7 heteroatoms. The van der Waals surface area contributed by atoms with Gasteiger partial charge in [0.1, 0.15) is 11.6 Å². The molecule has 2 N–H and O–H groups in total. The minimum atomic E-state index is -0.588. The van der Waals surface area contributed by atoms with Gasteiger partial charge in [0.2, 0.25) is 5.91 Å². The lowest BCUT2D eigenvalue weighted by Gasteiger charge is -2.33. The highest BCUT2D eigenvalue weighted by molar-refractivity contribution is 6.06. The highest BCUT2D eigenvalue weighted by atomic mass is 16.2. The van der Waals surface area contributed by atoms with E-state index in [0.29, 0.717) is 28.6 Å². The number of H-pyrrole nitrogens is 1. The van der Waals surface area contributed by atoms with Crippen molar-refractivity contribution in [3.8, 4) is 0 Å². The Labute approximate surface area is 165 Å². The lowest BCUT2D eigenvalue weighted by atomic mass is 9.85. The summed E-state index contributed by atoms with van der Waals surface area (Å²) in [7, 11) is 0. The number of nitrogens with zero attached hydrogens (tertiary/aromatic N) is 3. The molecule has 2 aliphatic rings. The van der Waals surface area contributed by atoms with Crippen LogP contribution in [0.15, 0.2) is 12.4 Å². The molecule has 2 unspecified atom stereocenters. The van der Waals surface area contributed by atoms with E-state index in [9.17, 15) is 9.59 Å². The smallest absolute Gasteiger partial charge is 0.255 e. The maximum atomic E-state index is 13.1. The fourth-order valence-electron chi connectivity index (χ4n) is 3.83. The maximum absolute atomic E-state index is 13.1. The van der Waals surface area contributed by atoms with Crippen molar-refractivity contribution in [2.45, 2.75) is 58.9 Å². The van der Waals surface area contributed by atoms with Crippen LogP contribution in [0.25, 0.3) is 11.2 Å². The first-order valence-corrected chi connectivity index (χ1v) is 10.2. The number of aromatic nitrogens is 3. The molecule has 1 saturated heterocycles. The first kappa shape index (κ1) is 18.9. The lowest BCUT2D eigenvalue weighted by Crippen LogP contribution is -2.54. The van der Waals surface area contributed by atoms with Crippen LogP contribution in [-0.2, 0) is 4.79 Å². The third-order valence-electron chi connectivity index (χ3n) is 5.76. The van der Waals surface area contributed by atoms with Crippen molar-refractivity contribution < 1.29 is 9.59 Å². The van der Waals surface area contributed by atoms with Crippen LogP contribution in [0.3, 0.4) is 0 Å². The molecule has 2 fully saturated rings. The van der Waals surface area contributed by atoms with Crippen LogP contribution < -0.4 is 5.32 Å². The minimum Gasteiger partial charge on any atom is -0.344 e. The van der Waals surface area contributed by atoms with Gasteiger partial charge in [-0.25, -0.2) is 9.97 Å². The molecular formula is C21H29N5O2. The summed E-state index contributed by atoms with van der Waals surface area (Å²) in [6, 6.07) is -0.588. The summed E-state index contributed by atoms with van der Waals surface area (Å²) in [4.78, 5) is 40.2. The van der Waals surface area contributed by atoms with Gasteiger partial charge in [0, 0.05) is 25.2 Å². The topological polar surface area (TPSA) is 91.0 Å². The number of carbonyl (C=O) groups is 2. The number of likely N-dealkylation sites (tertiary alicyclic amines) is 1. The number of hydrogen-bond acceptors (Lipinski definition) is 4. The largest absolute Gasteiger partial charge is 0.344 e. The van der Waals surface area contributed by atoms with E-state index < -0.39 is 11.5 Å². The van der Waals surface area contributed by atoms with Gasteiger partial charge in [-0.15, -0.1) is 0 Å². The van der Waals surface area contributed by atoms with Crippen molar-refractivity contribution in [1.29, 1.82) is 0 Å². The number of aromatic amines is 1. The molecule has 0 aromatic carbocycles. The predicted molar refractivity (Wildman–Crippen MR) is 107 cm³/mol. The zero-order valence-corrected chi connectivity index (χ0v) is 17.1. The zero-order valence-electron chi connectivity index (χ0n) is 17.1. The molecule has 7 nitrogen and oxygen atoms in total. The second kappa shape index (κ2) is 6.87. The Morgan fingerprint density at radius 1 is 1.29 bits per heavy atom. The van der Waals surface area contributed by atoms with Gasteiger partial charge in [-0.1, -0.05) is 27.7 Å². The van der Waals surface area contributed by atoms with E-state index in [0.717, 1.165) is 38.0 Å². The van der Waals surface area contributed by atoms with Gasteiger partial charge in [0.25, 0.3) is 5.91 Å². The van der Waals surface area contributed by atoms with Crippen LogP contribution in [0.1, 0.15) is 68.9 Å². The second-order valence-electron chi connectivity index (χ2n) is 9.42. The van der Waals surface area contributed by atoms with E-state index in [4.69, 9.17) is 0 Å². The molecule has 3 heterocycles. The van der Waals surface area contributed by atoms with E-state index in [1.807, 2.05) is 25.7 Å². The number of carbonyl (C=O) groups excluding carboxylic acids is 2. The zero-order chi connectivity index (χ0) is 20.1. The summed E-state index contributed by atoms with van der Waals surface area (Å²) in [6.07, 6.45) is 6.69. The highest BCUT2D eigenvalue weighted by Gasteiger charge is 2.38. The third kappa shape index (κ3) is 3.62. The van der Waals surface area contributed by atoms with Crippen molar-refractivity contribution in [1.82, 2.24) is 25.2 Å². The molecule has 0 spiro atoms. The van der Waals surface area contributed by atoms with Crippen molar-refractivity contribution in [3.63, 3.8) is 0 Å². The molecule has 2 aromatic heterocycles. The Balaban J connectivity index is 1.58. The van der Waals surface area contributed by atoms with Crippen molar-refractivity contribution in [3.05, 3.63) is 23.7 Å². The molecule has 1 aliphatic heterocycles. The predicted octanol–water partition coefficient (Wildman–Crippen LogP) is 2.85. The molecule has 1 aliphatic carbocycles. The summed E-state index contributed by atoms with van der Waals surface area (Å²) >= 11 is 0. The summed E-state index contributed by atoms with van der Waals surface area (Å²) in [5.41, 5.74) is 2.17. The minimum absolute atomic E-state index is 0.00482. The molecule has 2 aromatic rings. The quantitative estimate of drug-likeness (QED) is 0.849. The Morgan fingerprint density at radius 2 is 2.04 bits per heavy atom. The fraction of sp³-hybridized carbons (Fsp3) is 0.619. The molecule has 0 radical (unpaired) electrons. The van der Waals surface area contributed by atoms with Gasteiger partial charge >= 0.3 is 0 Å². The first-order chi connectivity index (χ1) is 13.2. The summed E-state index contributed by atoms with van der Waals surface area (Å²) < 4.78 is 0. The molecule has 28 heavy (non-hydrogen) atoms. The van der Waals surface area contributed by atoms with Crippen LogP contribution in [0.2, 0.25) is 0 Å². The highest BCUT2D eigenvalue weighted by Crippen LogP contribution is 2.39. The average molecular weight is 383 g/mol. The number of rotatable bonds is 4. The Kier molecular flexibility index (Phi) is 4.63. The van der Waals surface area contributed by atoms with Gasteiger partial charge in [0.15, 0.2) is 5.65 Å². The second-order valence-corrected chi connectivity index (χ2v) is 9.42. The van der Waals surface area contributed by atoms with Gasteiger partial charge in [-0.2, -0.15) is 0 Å². The van der Waals surface area contributed by atoms with Crippen LogP contribution in [0.4, 0.5) is 0 Å². The fourth-order valence-corrected chi connectivity index (χ4v) is 3.83. The van der Waals surface area contributed by atoms with Gasteiger partial charge in [-0.05, 0) is 30.6 Å². The Bertz CT molecular complexity index is 909. The van der Waals surface area contributed by atoms with E-state index in [1.165, 1.54) is 0 Å². The Hall–Kier alpha value is -2.44. The third-order valence-corrected chi connectivity index (χ3v) is 5.76. The number of fused-ring (bicyclic) bond motifs is 1. The van der Waals surface area contributed by atoms with Crippen LogP contribution in [-0.4, -0.2) is 50.8 Å². The molecule has 1 saturated carbocycles. The van der Waals surface area contributed by atoms with Crippen LogP contribution in [0.5, 0.6) is 0 Å². The molecular weight excluding hydrogens is 354 g/mol.